The van der Waals surface area contributed by atoms with Gasteiger partial charge in [0, 0.05) is 11.8 Å². The number of hydrogen-bond donors (Lipinski definition) is 0. The highest BCUT2D eigenvalue weighted by atomic mass is 16.6. The lowest BCUT2D eigenvalue weighted by Crippen LogP contribution is -2.45. The largest absolute Gasteiger partial charge is 0.457 e. The molecule has 2 aliphatic rings. The molecule has 0 saturated carbocycles. The standard InChI is InChI=1S/C29H30N2O6/c1-28(2,3)36-23(32)17-22(27(35)37-29(4,5)6)30-16-15-18-11-7-8-12-19(18)25(30)31-21-14-10-9-13-20(21)24(33)26(31)34/h7-17,25H,1-6H3/b22-17+. The van der Waals surface area contributed by atoms with Gasteiger partial charge in [-0.2, -0.15) is 0 Å². The molecule has 8 heteroatoms. The number of carbonyl (C=O) groups excluding carboxylic acids is 4. The summed E-state index contributed by atoms with van der Waals surface area (Å²) in [6, 6.07) is 14.0. The number of para-hydroxylation sites is 1. The maximum absolute atomic E-state index is 13.5. The average molecular weight is 503 g/mol. The molecule has 2 aromatic carbocycles. The molecule has 0 bridgehead atoms. The number of benzene rings is 2. The van der Waals surface area contributed by atoms with E-state index < -0.39 is 41.0 Å². The number of Topliss-reactive ketones (excluding diaryl/α,β-unsaturated/α-hetero) is 1. The Bertz CT molecular complexity index is 1340. The molecular weight excluding hydrogens is 472 g/mol. The number of hydrogen-bond acceptors (Lipinski definition) is 7. The van der Waals surface area contributed by atoms with E-state index >= 15 is 0 Å². The predicted octanol–water partition coefficient (Wildman–Crippen LogP) is 4.77. The zero-order valence-corrected chi connectivity index (χ0v) is 21.8. The highest BCUT2D eigenvalue weighted by Crippen LogP contribution is 2.42. The molecule has 1 atom stereocenters. The van der Waals surface area contributed by atoms with Gasteiger partial charge in [0.25, 0.3) is 5.78 Å². The Labute approximate surface area is 216 Å². The first-order valence-electron chi connectivity index (χ1n) is 12.0. The molecule has 0 radical (unpaired) electrons. The van der Waals surface area contributed by atoms with Crippen molar-refractivity contribution >= 4 is 35.4 Å². The van der Waals surface area contributed by atoms with Gasteiger partial charge < -0.3 is 14.4 Å². The van der Waals surface area contributed by atoms with Gasteiger partial charge in [0.05, 0.1) is 17.3 Å². The van der Waals surface area contributed by atoms with Crippen LogP contribution in [-0.2, 0) is 23.9 Å². The van der Waals surface area contributed by atoms with Crippen LogP contribution in [0.25, 0.3) is 6.08 Å². The molecule has 0 saturated heterocycles. The first-order valence-corrected chi connectivity index (χ1v) is 12.0. The van der Waals surface area contributed by atoms with E-state index in [2.05, 4.69) is 0 Å². The number of fused-ring (bicyclic) bond motifs is 2. The van der Waals surface area contributed by atoms with Crippen LogP contribution < -0.4 is 4.90 Å². The summed E-state index contributed by atoms with van der Waals surface area (Å²) in [7, 11) is 0. The van der Waals surface area contributed by atoms with E-state index in [9.17, 15) is 19.2 Å². The molecule has 37 heavy (non-hydrogen) atoms. The first-order chi connectivity index (χ1) is 17.3. The summed E-state index contributed by atoms with van der Waals surface area (Å²) >= 11 is 0. The molecule has 2 aliphatic heterocycles. The predicted molar refractivity (Wildman–Crippen MR) is 138 cm³/mol. The Morgan fingerprint density at radius 2 is 1.49 bits per heavy atom. The molecule has 2 heterocycles. The number of nitrogens with zero attached hydrogens (tertiary/aromatic N) is 2. The molecule has 4 rings (SSSR count). The molecule has 1 unspecified atom stereocenters. The Morgan fingerprint density at radius 3 is 2.16 bits per heavy atom. The van der Waals surface area contributed by atoms with Crippen molar-refractivity contribution in [1.29, 1.82) is 0 Å². The quantitative estimate of drug-likeness (QED) is 0.338. The van der Waals surface area contributed by atoms with Crippen LogP contribution in [0.15, 0.2) is 66.5 Å². The van der Waals surface area contributed by atoms with Crippen molar-refractivity contribution < 1.29 is 28.7 Å². The zero-order valence-electron chi connectivity index (χ0n) is 21.8. The first kappa shape index (κ1) is 25.9. The van der Waals surface area contributed by atoms with Crippen molar-refractivity contribution in [2.75, 3.05) is 4.90 Å². The highest BCUT2D eigenvalue weighted by Gasteiger charge is 2.45. The summed E-state index contributed by atoms with van der Waals surface area (Å²) in [5.74, 6) is -2.90. The van der Waals surface area contributed by atoms with E-state index in [0.717, 1.165) is 11.6 Å². The van der Waals surface area contributed by atoms with Gasteiger partial charge in [0.15, 0.2) is 0 Å². The molecule has 0 fully saturated rings. The van der Waals surface area contributed by atoms with Crippen LogP contribution in [-0.4, -0.2) is 39.7 Å². The number of anilines is 1. The Kier molecular flexibility index (Phi) is 6.54. The smallest absolute Gasteiger partial charge is 0.355 e. The summed E-state index contributed by atoms with van der Waals surface area (Å²) in [5, 5.41) is 0. The maximum atomic E-state index is 13.5. The van der Waals surface area contributed by atoms with Gasteiger partial charge in [0.2, 0.25) is 0 Å². The summed E-state index contributed by atoms with van der Waals surface area (Å²) < 4.78 is 11.1. The van der Waals surface area contributed by atoms with Crippen molar-refractivity contribution in [2.45, 2.75) is 58.9 Å². The van der Waals surface area contributed by atoms with Crippen molar-refractivity contribution in [3.05, 3.63) is 83.2 Å². The van der Waals surface area contributed by atoms with E-state index in [4.69, 9.17) is 9.47 Å². The van der Waals surface area contributed by atoms with Crippen molar-refractivity contribution in [3.8, 4) is 0 Å². The van der Waals surface area contributed by atoms with Gasteiger partial charge in [0.1, 0.15) is 23.1 Å². The topological polar surface area (TPSA) is 93.2 Å². The van der Waals surface area contributed by atoms with E-state index in [1.807, 2.05) is 24.3 Å². The lowest BCUT2D eigenvalue weighted by Gasteiger charge is -2.40. The third kappa shape index (κ3) is 5.33. The second kappa shape index (κ2) is 9.35. The molecule has 0 N–H and O–H groups in total. The van der Waals surface area contributed by atoms with Gasteiger partial charge in [-0.3, -0.25) is 14.5 Å². The molecule has 2 aromatic rings. The second-order valence-corrected chi connectivity index (χ2v) is 10.8. The molecule has 0 spiro atoms. The zero-order chi connectivity index (χ0) is 27.1. The number of ketones is 1. The van der Waals surface area contributed by atoms with E-state index in [1.54, 1.807) is 78.1 Å². The van der Waals surface area contributed by atoms with Gasteiger partial charge >= 0.3 is 17.8 Å². The average Bonchev–Trinajstić information content (AvgIpc) is 3.04. The van der Waals surface area contributed by atoms with Crippen LogP contribution in [0.4, 0.5) is 5.69 Å². The normalized spacial score (nSPS) is 17.5. The molecule has 0 aromatic heterocycles. The van der Waals surface area contributed by atoms with Crippen molar-refractivity contribution in [1.82, 2.24) is 4.90 Å². The van der Waals surface area contributed by atoms with E-state index in [1.165, 1.54) is 9.80 Å². The number of esters is 2. The minimum absolute atomic E-state index is 0.135. The lowest BCUT2D eigenvalue weighted by atomic mass is 9.99. The summed E-state index contributed by atoms with van der Waals surface area (Å²) in [6.45, 7) is 10.3. The Hall–Kier alpha value is -4.20. The number of carbonyl (C=O) groups is 4. The fourth-order valence-electron chi connectivity index (χ4n) is 4.23. The number of ether oxygens (including phenoxy) is 2. The van der Waals surface area contributed by atoms with E-state index in [-0.39, 0.29) is 11.3 Å². The van der Waals surface area contributed by atoms with Crippen LogP contribution in [0.2, 0.25) is 0 Å². The summed E-state index contributed by atoms with van der Waals surface area (Å²) in [6.07, 6.45) is 3.50. The Morgan fingerprint density at radius 1 is 0.865 bits per heavy atom. The van der Waals surface area contributed by atoms with Gasteiger partial charge in [-0.05, 0) is 65.3 Å². The maximum Gasteiger partial charge on any atom is 0.355 e. The van der Waals surface area contributed by atoms with Crippen LogP contribution >= 0.6 is 0 Å². The SMILES string of the molecule is CC(C)(C)OC(=O)/C=C(\C(=O)OC(C)(C)C)N1C=Cc2ccccc2C1N1C(=O)C(=O)c2ccccc21. The fourth-order valence-corrected chi connectivity index (χ4v) is 4.23. The van der Waals surface area contributed by atoms with Crippen LogP contribution in [0.5, 0.6) is 0 Å². The molecule has 8 nitrogen and oxygen atoms in total. The molecular formula is C29H30N2O6. The molecule has 1 amide bonds. The van der Waals surface area contributed by atoms with Crippen LogP contribution in [0, 0.1) is 0 Å². The number of rotatable bonds is 4. The minimum Gasteiger partial charge on any atom is -0.457 e. The van der Waals surface area contributed by atoms with Crippen molar-refractivity contribution in [3.63, 3.8) is 0 Å². The van der Waals surface area contributed by atoms with Crippen molar-refractivity contribution in [2.24, 2.45) is 0 Å². The third-order valence-corrected chi connectivity index (χ3v) is 5.57. The highest BCUT2D eigenvalue weighted by molar-refractivity contribution is 6.52. The third-order valence-electron chi connectivity index (χ3n) is 5.57. The van der Waals surface area contributed by atoms with Crippen LogP contribution in [0.1, 0.15) is 69.2 Å². The minimum atomic E-state index is -0.942. The van der Waals surface area contributed by atoms with Gasteiger partial charge in [-0.1, -0.05) is 36.4 Å². The van der Waals surface area contributed by atoms with Gasteiger partial charge in [-0.25, -0.2) is 9.59 Å². The van der Waals surface area contributed by atoms with E-state index in [0.29, 0.717) is 11.3 Å². The molecule has 0 aliphatic carbocycles. The second-order valence-electron chi connectivity index (χ2n) is 10.8. The Balaban J connectivity index is 1.90. The summed E-state index contributed by atoms with van der Waals surface area (Å²) in [4.78, 5) is 55.4. The van der Waals surface area contributed by atoms with Gasteiger partial charge in [-0.15, -0.1) is 0 Å². The summed E-state index contributed by atoms with van der Waals surface area (Å²) in [5.41, 5.74) is 0.364. The molecule has 192 valence electrons. The van der Waals surface area contributed by atoms with Crippen LogP contribution in [0.3, 0.4) is 0 Å². The number of amides is 1. The fraction of sp³-hybridized carbons (Fsp3) is 0.310. The monoisotopic (exact) mass is 502 g/mol. The lowest BCUT2D eigenvalue weighted by molar-refractivity contribution is -0.154.